The molecule has 0 saturated carbocycles. The number of likely N-dealkylation sites (tertiary alicyclic amines) is 1. The Morgan fingerprint density at radius 3 is 1.94 bits per heavy atom. The maximum Gasteiger partial charge on any atom is 0.416 e. The average molecular weight is 512 g/mol. The van der Waals surface area contributed by atoms with Crippen molar-refractivity contribution in [1.82, 2.24) is 4.90 Å². The van der Waals surface area contributed by atoms with Gasteiger partial charge in [-0.1, -0.05) is 60.1 Å². The van der Waals surface area contributed by atoms with E-state index in [9.17, 15) is 31.1 Å². The summed E-state index contributed by atoms with van der Waals surface area (Å²) in [6, 6.07) is 17.6. The van der Waals surface area contributed by atoms with Gasteiger partial charge in [-0.15, -0.1) is 0 Å². The third kappa shape index (κ3) is 5.48. The number of carbonyl (C=O) groups excluding carboxylic acids is 1. The van der Waals surface area contributed by atoms with Gasteiger partial charge in [-0.25, -0.2) is 0 Å². The quantitative estimate of drug-likeness (QED) is 0.329. The highest BCUT2D eigenvalue weighted by atomic mass is 35.5. The average Bonchev–Trinajstić information content (AvgIpc) is 2.83. The van der Waals surface area contributed by atoms with Gasteiger partial charge in [-0.3, -0.25) is 4.79 Å². The van der Waals surface area contributed by atoms with Crippen LogP contribution in [0, 0.1) is 0 Å². The Labute approximate surface area is 203 Å². The summed E-state index contributed by atoms with van der Waals surface area (Å²) in [5.74, 6) is -1.20. The third-order valence-corrected chi connectivity index (χ3v) is 6.61. The summed E-state index contributed by atoms with van der Waals surface area (Å²) >= 11 is 6.43. The van der Waals surface area contributed by atoms with E-state index in [0.717, 1.165) is 11.1 Å². The predicted octanol–water partition coefficient (Wildman–Crippen LogP) is 7.79. The monoisotopic (exact) mass is 511 g/mol. The van der Waals surface area contributed by atoms with Crippen molar-refractivity contribution in [2.75, 3.05) is 13.1 Å². The Morgan fingerprint density at radius 1 is 0.800 bits per heavy atom. The first kappa shape index (κ1) is 25.1. The first-order valence-corrected chi connectivity index (χ1v) is 11.2. The van der Waals surface area contributed by atoms with Gasteiger partial charge in [0.25, 0.3) is 5.91 Å². The highest BCUT2D eigenvalue weighted by molar-refractivity contribution is 6.31. The molecule has 0 N–H and O–H groups in total. The van der Waals surface area contributed by atoms with Crippen molar-refractivity contribution in [2.45, 2.75) is 30.6 Å². The number of piperidine rings is 1. The van der Waals surface area contributed by atoms with Crippen LogP contribution in [-0.2, 0) is 12.4 Å². The zero-order valence-corrected chi connectivity index (χ0v) is 19.0. The molecule has 4 rings (SSSR count). The van der Waals surface area contributed by atoms with Crippen LogP contribution in [0.3, 0.4) is 0 Å². The third-order valence-electron chi connectivity index (χ3n) is 6.27. The molecule has 2 unspecified atom stereocenters. The summed E-state index contributed by atoms with van der Waals surface area (Å²) in [7, 11) is 0. The Hall–Kier alpha value is -3.00. The van der Waals surface area contributed by atoms with Gasteiger partial charge in [0, 0.05) is 29.6 Å². The van der Waals surface area contributed by atoms with E-state index in [1.54, 1.807) is 12.1 Å². The minimum absolute atomic E-state index is 0.0210. The molecule has 1 aliphatic rings. The first-order valence-electron chi connectivity index (χ1n) is 10.8. The lowest BCUT2D eigenvalue weighted by molar-refractivity contribution is -0.143. The summed E-state index contributed by atoms with van der Waals surface area (Å²) in [5, 5.41) is 0.561. The molecule has 0 spiro atoms. The Kier molecular flexibility index (Phi) is 6.86. The summed E-state index contributed by atoms with van der Waals surface area (Å²) in [6.07, 6.45) is -9.61. The van der Waals surface area contributed by atoms with Crippen LogP contribution in [-0.4, -0.2) is 23.9 Å². The number of rotatable bonds is 3. The Bertz CT molecular complexity index is 1180. The summed E-state index contributed by atoms with van der Waals surface area (Å²) in [4.78, 5) is 14.5. The largest absolute Gasteiger partial charge is 0.416 e. The smallest absolute Gasteiger partial charge is 0.338 e. The van der Waals surface area contributed by atoms with Gasteiger partial charge in [-0.05, 0) is 47.7 Å². The molecular formula is C26H20ClF6NO. The van der Waals surface area contributed by atoms with E-state index in [-0.39, 0.29) is 31.0 Å². The SMILES string of the molecule is O=C(c1cc(C(F)(F)F)cc(C(F)(F)F)c1)N1CCC(c2ccccc2Cl)C(c2ccccc2)C1. The van der Waals surface area contributed by atoms with E-state index in [0.29, 0.717) is 23.6 Å². The lowest BCUT2D eigenvalue weighted by Gasteiger charge is -2.39. The van der Waals surface area contributed by atoms with Crippen LogP contribution in [0.25, 0.3) is 0 Å². The normalized spacial score (nSPS) is 19.0. The van der Waals surface area contributed by atoms with Crippen LogP contribution in [0.5, 0.6) is 0 Å². The second-order valence-corrected chi connectivity index (χ2v) is 8.89. The lowest BCUT2D eigenvalue weighted by atomic mass is 9.76. The topological polar surface area (TPSA) is 20.3 Å². The molecule has 1 heterocycles. The van der Waals surface area contributed by atoms with Crippen LogP contribution in [0.1, 0.15) is 50.9 Å². The second kappa shape index (κ2) is 9.57. The molecule has 35 heavy (non-hydrogen) atoms. The fraction of sp³-hybridized carbons (Fsp3) is 0.269. The predicted molar refractivity (Wildman–Crippen MR) is 120 cm³/mol. The van der Waals surface area contributed by atoms with Gasteiger partial charge in [0.15, 0.2) is 0 Å². The molecule has 184 valence electrons. The molecule has 2 atom stereocenters. The lowest BCUT2D eigenvalue weighted by Crippen LogP contribution is -2.42. The van der Waals surface area contributed by atoms with Crippen LogP contribution in [0.15, 0.2) is 72.8 Å². The number of halogens is 7. The van der Waals surface area contributed by atoms with Gasteiger partial charge < -0.3 is 4.90 Å². The van der Waals surface area contributed by atoms with Crippen LogP contribution in [0.2, 0.25) is 5.02 Å². The molecule has 1 aliphatic heterocycles. The number of carbonyl (C=O) groups is 1. The molecule has 0 radical (unpaired) electrons. The highest BCUT2D eigenvalue weighted by Crippen LogP contribution is 2.43. The van der Waals surface area contributed by atoms with Crippen molar-refractivity contribution < 1.29 is 31.1 Å². The molecule has 0 aromatic heterocycles. The van der Waals surface area contributed by atoms with E-state index < -0.39 is 35.0 Å². The zero-order chi connectivity index (χ0) is 25.4. The van der Waals surface area contributed by atoms with E-state index in [2.05, 4.69) is 0 Å². The van der Waals surface area contributed by atoms with Crippen molar-refractivity contribution in [3.63, 3.8) is 0 Å². The van der Waals surface area contributed by atoms with Gasteiger partial charge in [0.1, 0.15) is 0 Å². The molecule has 3 aromatic rings. The standard InChI is InChI=1S/C26H20ClF6NO/c27-23-9-5-4-8-21(23)20-10-11-34(15-22(20)16-6-2-1-3-7-16)24(35)17-12-18(25(28,29)30)14-19(13-17)26(31,32)33/h1-9,12-14,20,22H,10-11,15H2. The Balaban J connectivity index is 1.70. The van der Waals surface area contributed by atoms with Crippen molar-refractivity contribution >= 4 is 17.5 Å². The number of amides is 1. The maximum absolute atomic E-state index is 13.3. The minimum Gasteiger partial charge on any atom is -0.338 e. The molecule has 2 nitrogen and oxygen atoms in total. The number of benzene rings is 3. The second-order valence-electron chi connectivity index (χ2n) is 8.48. The number of nitrogens with zero attached hydrogens (tertiary/aromatic N) is 1. The van der Waals surface area contributed by atoms with Gasteiger partial charge in [-0.2, -0.15) is 26.3 Å². The molecule has 1 fully saturated rings. The minimum atomic E-state index is -5.03. The fourth-order valence-electron chi connectivity index (χ4n) is 4.58. The van der Waals surface area contributed by atoms with Gasteiger partial charge in [0.05, 0.1) is 11.1 Å². The van der Waals surface area contributed by atoms with E-state index >= 15 is 0 Å². The fourth-order valence-corrected chi connectivity index (χ4v) is 4.86. The number of hydrogen-bond acceptors (Lipinski definition) is 1. The molecule has 1 amide bonds. The van der Waals surface area contributed by atoms with E-state index in [1.165, 1.54) is 4.90 Å². The molecule has 0 bridgehead atoms. The van der Waals surface area contributed by atoms with Gasteiger partial charge >= 0.3 is 12.4 Å². The van der Waals surface area contributed by atoms with Crippen molar-refractivity contribution in [1.29, 1.82) is 0 Å². The number of hydrogen-bond donors (Lipinski definition) is 0. The first-order chi connectivity index (χ1) is 16.4. The molecule has 9 heteroatoms. The highest BCUT2D eigenvalue weighted by Gasteiger charge is 2.39. The molecule has 1 saturated heterocycles. The van der Waals surface area contributed by atoms with E-state index in [1.807, 2.05) is 42.5 Å². The molecule has 0 aliphatic carbocycles. The van der Waals surface area contributed by atoms with Gasteiger partial charge in [0.2, 0.25) is 0 Å². The van der Waals surface area contributed by atoms with Crippen LogP contribution >= 0.6 is 11.6 Å². The van der Waals surface area contributed by atoms with E-state index in [4.69, 9.17) is 11.6 Å². The molecular weight excluding hydrogens is 492 g/mol. The zero-order valence-electron chi connectivity index (χ0n) is 18.2. The van der Waals surface area contributed by atoms with Crippen LogP contribution < -0.4 is 0 Å². The van der Waals surface area contributed by atoms with Crippen molar-refractivity contribution in [3.05, 3.63) is 106 Å². The maximum atomic E-state index is 13.3. The van der Waals surface area contributed by atoms with Crippen molar-refractivity contribution in [2.24, 2.45) is 0 Å². The molecule has 3 aromatic carbocycles. The van der Waals surface area contributed by atoms with Crippen LogP contribution in [0.4, 0.5) is 26.3 Å². The summed E-state index contributed by atoms with van der Waals surface area (Å²) in [5.41, 5.74) is -1.89. The number of alkyl halides is 6. The van der Waals surface area contributed by atoms with Crippen molar-refractivity contribution in [3.8, 4) is 0 Å². The summed E-state index contributed by atoms with van der Waals surface area (Å²) in [6.45, 7) is 0.284. The Morgan fingerprint density at radius 2 is 1.37 bits per heavy atom. The summed E-state index contributed by atoms with van der Waals surface area (Å²) < 4.78 is 79.8.